The highest BCUT2D eigenvalue weighted by molar-refractivity contribution is 5.91. The molecule has 1 atom stereocenters. The summed E-state index contributed by atoms with van der Waals surface area (Å²) in [6.07, 6.45) is 5.99. The summed E-state index contributed by atoms with van der Waals surface area (Å²) < 4.78 is 15.7. The quantitative estimate of drug-likeness (QED) is 0.799. The molecule has 2 rings (SSSR count). The van der Waals surface area contributed by atoms with Crippen LogP contribution in [0.15, 0.2) is 53.4 Å². The molecular weight excluding hydrogens is 282 g/mol. The number of carbonyl (C=O) groups is 1. The lowest BCUT2D eigenvalue weighted by molar-refractivity contribution is -0.117. The zero-order valence-electron chi connectivity index (χ0n) is 12.6. The average Bonchev–Trinajstić information content (AvgIpc) is 3.07. The summed E-state index contributed by atoms with van der Waals surface area (Å²) in [6, 6.07) is 9.35. The molecule has 22 heavy (non-hydrogen) atoms. The molecule has 0 aliphatic carbocycles. The number of ether oxygens (including phenoxy) is 2. The molecule has 2 aromatic rings. The van der Waals surface area contributed by atoms with Crippen LogP contribution >= 0.6 is 0 Å². The van der Waals surface area contributed by atoms with Crippen molar-refractivity contribution in [2.24, 2.45) is 0 Å². The third-order valence-electron chi connectivity index (χ3n) is 3.20. The monoisotopic (exact) mass is 301 g/mol. The van der Waals surface area contributed by atoms with E-state index in [9.17, 15) is 4.79 Å². The predicted molar refractivity (Wildman–Crippen MR) is 83.5 cm³/mol. The van der Waals surface area contributed by atoms with Crippen molar-refractivity contribution < 1.29 is 18.7 Å². The minimum atomic E-state index is -0.276. The van der Waals surface area contributed by atoms with E-state index in [1.807, 2.05) is 24.3 Å². The van der Waals surface area contributed by atoms with Crippen molar-refractivity contribution in [3.05, 3.63) is 60.1 Å². The maximum atomic E-state index is 11.8. The highest BCUT2D eigenvalue weighted by Gasteiger charge is 2.15. The van der Waals surface area contributed by atoms with E-state index in [0.717, 1.165) is 16.9 Å². The van der Waals surface area contributed by atoms with Crippen molar-refractivity contribution in [3.8, 4) is 5.75 Å². The van der Waals surface area contributed by atoms with E-state index in [0.29, 0.717) is 6.54 Å². The molecule has 1 amide bonds. The van der Waals surface area contributed by atoms with Crippen molar-refractivity contribution in [3.63, 3.8) is 0 Å². The lowest BCUT2D eigenvalue weighted by Crippen LogP contribution is -2.27. The molecule has 1 aromatic carbocycles. The number of para-hydroxylation sites is 1. The van der Waals surface area contributed by atoms with Gasteiger partial charge in [-0.25, -0.2) is 0 Å². The fraction of sp³-hybridized carbons (Fsp3) is 0.235. The average molecular weight is 301 g/mol. The third-order valence-corrected chi connectivity index (χ3v) is 3.20. The number of methoxy groups -OCH3 is 2. The van der Waals surface area contributed by atoms with Gasteiger partial charge >= 0.3 is 0 Å². The standard InChI is InChI=1S/C17H19NO4/c1-20-15-6-4-3-5-14(15)16(21-2)11-18-17(19)8-7-13-9-10-22-12-13/h3-10,12,16H,11H2,1-2H3,(H,18,19)/b8-7+. The van der Waals surface area contributed by atoms with Gasteiger partial charge in [-0.15, -0.1) is 0 Å². The maximum absolute atomic E-state index is 11.8. The molecule has 1 N–H and O–H groups in total. The Labute approximate surface area is 129 Å². The van der Waals surface area contributed by atoms with E-state index in [2.05, 4.69) is 5.32 Å². The van der Waals surface area contributed by atoms with Crippen LogP contribution in [0.2, 0.25) is 0 Å². The topological polar surface area (TPSA) is 60.7 Å². The van der Waals surface area contributed by atoms with E-state index in [4.69, 9.17) is 13.9 Å². The molecule has 5 nitrogen and oxygen atoms in total. The van der Waals surface area contributed by atoms with Gasteiger partial charge in [-0.2, -0.15) is 0 Å². The van der Waals surface area contributed by atoms with Gasteiger partial charge in [0.2, 0.25) is 5.91 Å². The van der Waals surface area contributed by atoms with Crippen LogP contribution in [0.5, 0.6) is 5.75 Å². The number of benzene rings is 1. The van der Waals surface area contributed by atoms with Gasteiger partial charge in [0.05, 0.1) is 19.6 Å². The van der Waals surface area contributed by atoms with Gasteiger partial charge in [0.15, 0.2) is 0 Å². The van der Waals surface area contributed by atoms with Gasteiger partial charge in [-0.05, 0) is 18.2 Å². The van der Waals surface area contributed by atoms with Crippen LogP contribution in [-0.4, -0.2) is 26.7 Å². The Kier molecular flexibility index (Phi) is 5.80. The summed E-state index contributed by atoms with van der Waals surface area (Å²) in [4.78, 5) is 11.8. The van der Waals surface area contributed by atoms with Gasteiger partial charge in [0.1, 0.15) is 11.9 Å². The van der Waals surface area contributed by atoms with E-state index < -0.39 is 0 Å². The first-order valence-electron chi connectivity index (χ1n) is 6.88. The molecule has 0 aliphatic rings. The molecule has 1 unspecified atom stereocenters. The van der Waals surface area contributed by atoms with E-state index in [1.54, 1.807) is 38.9 Å². The second-order valence-electron chi connectivity index (χ2n) is 4.60. The predicted octanol–water partition coefficient (Wildman–Crippen LogP) is 2.81. The van der Waals surface area contributed by atoms with Crippen molar-refractivity contribution in [1.82, 2.24) is 5.32 Å². The van der Waals surface area contributed by atoms with Crippen molar-refractivity contribution in [1.29, 1.82) is 0 Å². The number of nitrogens with one attached hydrogen (secondary N) is 1. The van der Waals surface area contributed by atoms with Crippen molar-refractivity contribution in [2.75, 3.05) is 20.8 Å². The second kappa shape index (κ2) is 8.05. The number of hydrogen-bond acceptors (Lipinski definition) is 4. The summed E-state index contributed by atoms with van der Waals surface area (Å²) in [5, 5.41) is 2.81. The minimum Gasteiger partial charge on any atom is -0.496 e. The summed E-state index contributed by atoms with van der Waals surface area (Å²) in [7, 11) is 3.21. The Morgan fingerprint density at radius 1 is 1.32 bits per heavy atom. The lowest BCUT2D eigenvalue weighted by Gasteiger charge is -2.18. The fourth-order valence-electron chi connectivity index (χ4n) is 2.05. The number of carbonyl (C=O) groups excluding carboxylic acids is 1. The van der Waals surface area contributed by atoms with Crippen molar-refractivity contribution >= 4 is 12.0 Å². The lowest BCUT2D eigenvalue weighted by atomic mass is 10.1. The SMILES string of the molecule is COc1ccccc1C(CNC(=O)/C=C/c1ccoc1)OC. The molecule has 0 radical (unpaired) electrons. The first-order valence-corrected chi connectivity index (χ1v) is 6.88. The first-order chi connectivity index (χ1) is 10.7. The Balaban J connectivity index is 1.94. The Bertz CT molecular complexity index is 619. The zero-order valence-corrected chi connectivity index (χ0v) is 12.6. The molecule has 5 heteroatoms. The number of furan rings is 1. The minimum absolute atomic E-state index is 0.196. The largest absolute Gasteiger partial charge is 0.496 e. The van der Waals surface area contributed by atoms with Gasteiger partial charge in [-0.1, -0.05) is 18.2 Å². The first kappa shape index (κ1) is 15.9. The number of hydrogen-bond donors (Lipinski definition) is 1. The molecule has 0 bridgehead atoms. The number of rotatable bonds is 7. The van der Waals surface area contributed by atoms with Gasteiger partial charge in [0.25, 0.3) is 0 Å². The normalized spacial score (nSPS) is 12.3. The van der Waals surface area contributed by atoms with Crippen LogP contribution in [-0.2, 0) is 9.53 Å². The van der Waals surface area contributed by atoms with Crippen LogP contribution in [0.1, 0.15) is 17.2 Å². The zero-order chi connectivity index (χ0) is 15.8. The van der Waals surface area contributed by atoms with Gasteiger partial charge in [-0.3, -0.25) is 4.79 Å². The molecule has 116 valence electrons. The Morgan fingerprint density at radius 3 is 2.82 bits per heavy atom. The van der Waals surface area contributed by atoms with Gasteiger partial charge in [0, 0.05) is 30.9 Å². The van der Waals surface area contributed by atoms with E-state index in [1.165, 1.54) is 6.08 Å². The Morgan fingerprint density at radius 2 is 2.14 bits per heavy atom. The van der Waals surface area contributed by atoms with E-state index in [-0.39, 0.29) is 12.0 Å². The molecular formula is C17H19NO4. The Hall–Kier alpha value is -2.53. The molecule has 1 heterocycles. The van der Waals surface area contributed by atoms with E-state index >= 15 is 0 Å². The third kappa shape index (κ3) is 4.23. The van der Waals surface area contributed by atoms with Crippen LogP contribution < -0.4 is 10.1 Å². The van der Waals surface area contributed by atoms with Crippen LogP contribution in [0.4, 0.5) is 0 Å². The van der Waals surface area contributed by atoms with Crippen molar-refractivity contribution in [2.45, 2.75) is 6.10 Å². The molecule has 0 saturated heterocycles. The summed E-state index contributed by atoms with van der Waals surface area (Å²) in [6.45, 7) is 0.353. The molecule has 0 fully saturated rings. The van der Waals surface area contributed by atoms with Gasteiger partial charge < -0.3 is 19.2 Å². The summed E-state index contributed by atoms with van der Waals surface area (Å²) in [5.74, 6) is 0.538. The molecule has 0 spiro atoms. The second-order valence-corrected chi connectivity index (χ2v) is 4.60. The smallest absolute Gasteiger partial charge is 0.244 e. The van der Waals surface area contributed by atoms with Crippen LogP contribution in [0, 0.1) is 0 Å². The fourth-order valence-corrected chi connectivity index (χ4v) is 2.05. The highest BCUT2D eigenvalue weighted by Crippen LogP contribution is 2.26. The number of amides is 1. The summed E-state index contributed by atoms with van der Waals surface area (Å²) >= 11 is 0. The maximum Gasteiger partial charge on any atom is 0.244 e. The highest BCUT2D eigenvalue weighted by atomic mass is 16.5. The summed E-state index contributed by atoms with van der Waals surface area (Å²) in [5.41, 5.74) is 1.73. The molecule has 0 aliphatic heterocycles. The van der Waals surface area contributed by atoms with Crippen LogP contribution in [0.3, 0.4) is 0 Å². The van der Waals surface area contributed by atoms with Crippen LogP contribution in [0.25, 0.3) is 6.08 Å². The molecule has 1 aromatic heterocycles. The molecule has 0 saturated carbocycles.